The van der Waals surface area contributed by atoms with Crippen LogP contribution in [0.4, 0.5) is 0 Å². The number of fused-ring (bicyclic) bond motifs is 1. The summed E-state index contributed by atoms with van der Waals surface area (Å²) in [4.78, 5) is 18.0. The summed E-state index contributed by atoms with van der Waals surface area (Å²) in [5.74, 6) is 0.110. The van der Waals surface area contributed by atoms with Crippen LogP contribution in [0.1, 0.15) is 58.2 Å². The Labute approximate surface area is 211 Å². The van der Waals surface area contributed by atoms with Crippen LogP contribution in [-0.2, 0) is 32.2 Å². The van der Waals surface area contributed by atoms with Crippen LogP contribution in [0.3, 0.4) is 0 Å². The van der Waals surface area contributed by atoms with Crippen LogP contribution in [0.5, 0.6) is 0 Å². The molecule has 1 saturated heterocycles. The van der Waals surface area contributed by atoms with Gasteiger partial charge in [0.05, 0.1) is 16.5 Å². The molecule has 1 amide bonds. The molecule has 6 nitrogen and oxygen atoms in total. The molecule has 2 aromatic carbocycles. The van der Waals surface area contributed by atoms with E-state index in [4.69, 9.17) is 0 Å². The number of carbonyl (C=O) groups is 1. The van der Waals surface area contributed by atoms with E-state index in [1.807, 2.05) is 30.0 Å². The van der Waals surface area contributed by atoms with Crippen molar-refractivity contribution in [3.05, 3.63) is 65.2 Å². The van der Waals surface area contributed by atoms with Gasteiger partial charge >= 0.3 is 0 Å². The molecule has 0 N–H and O–H groups in total. The maximum absolute atomic E-state index is 13.6. The van der Waals surface area contributed by atoms with E-state index in [-0.39, 0.29) is 22.9 Å². The molecule has 0 spiro atoms. The third-order valence-electron chi connectivity index (χ3n) is 7.76. The van der Waals surface area contributed by atoms with Crippen molar-refractivity contribution in [2.45, 2.75) is 69.9 Å². The fourth-order valence-electron chi connectivity index (χ4n) is 5.37. The standard InChI is InChI=1S/C28H39N3O3S/c1-21(26(32)31-16-15-22-9-7-8-10-25(22)28(31,5)6)29-17-19-30(20-18-29)35(33,34)24-13-11-23(12-14-24)27(2,3)4/h7-14,21H,15-20H2,1-6H3. The van der Waals surface area contributed by atoms with Gasteiger partial charge in [0.1, 0.15) is 0 Å². The molecule has 1 unspecified atom stereocenters. The first-order valence-corrected chi connectivity index (χ1v) is 14.0. The van der Waals surface area contributed by atoms with Gasteiger partial charge in [-0.15, -0.1) is 0 Å². The third-order valence-corrected chi connectivity index (χ3v) is 9.67. The molecule has 2 heterocycles. The largest absolute Gasteiger partial charge is 0.332 e. The number of nitrogens with zero attached hydrogens (tertiary/aromatic N) is 3. The quantitative estimate of drug-likeness (QED) is 0.641. The molecule has 190 valence electrons. The Morgan fingerprint density at radius 3 is 2.11 bits per heavy atom. The first kappa shape index (κ1) is 25.9. The van der Waals surface area contributed by atoms with Gasteiger partial charge in [0.15, 0.2) is 0 Å². The third kappa shape index (κ3) is 4.91. The lowest BCUT2D eigenvalue weighted by molar-refractivity contribution is -0.143. The van der Waals surface area contributed by atoms with E-state index < -0.39 is 10.0 Å². The molecule has 2 aromatic rings. The van der Waals surface area contributed by atoms with Gasteiger partial charge in [-0.25, -0.2) is 8.42 Å². The lowest BCUT2D eigenvalue weighted by Gasteiger charge is -2.46. The predicted molar refractivity (Wildman–Crippen MR) is 140 cm³/mol. The molecule has 35 heavy (non-hydrogen) atoms. The highest BCUT2D eigenvalue weighted by atomic mass is 32.2. The van der Waals surface area contributed by atoms with E-state index in [0.717, 1.165) is 12.0 Å². The first-order valence-electron chi connectivity index (χ1n) is 12.6. The molecule has 0 bridgehead atoms. The van der Waals surface area contributed by atoms with Gasteiger partial charge in [0.2, 0.25) is 15.9 Å². The van der Waals surface area contributed by atoms with E-state index in [9.17, 15) is 13.2 Å². The molecule has 0 aliphatic carbocycles. The number of sulfonamides is 1. The Balaban J connectivity index is 1.42. The lowest BCUT2D eigenvalue weighted by atomic mass is 9.83. The van der Waals surface area contributed by atoms with E-state index in [2.05, 4.69) is 57.7 Å². The molecule has 1 fully saturated rings. The van der Waals surface area contributed by atoms with Crippen molar-refractivity contribution < 1.29 is 13.2 Å². The number of rotatable bonds is 4. The van der Waals surface area contributed by atoms with Crippen molar-refractivity contribution in [2.75, 3.05) is 32.7 Å². The highest BCUT2D eigenvalue weighted by molar-refractivity contribution is 7.89. The summed E-state index contributed by atoms with van der Waals surface area (Å²) in [6.45, 7) is 15.1. The molecular formula is C28H39N3O3S. The van der Waals surface area contributed by atoms with Crippen molar-refractivity contribution in [1.29, 1.82) is 0 Å². The number of hydrogen-bond donors (Lipinski definition) is 0. The normalized spacial score (nSPS) is 20.3. The van der Waals surface area contributed by atoms with Crippen LogP contribution in [0.15, 0.2) is 53.4 Å². The molecule has 0 aromatic heterocycles. The summed E-state index contributed by atoms with van der Waals surface area (Å²) in [6, 6.07) is 15.3. The average molecular weight is 498 g/mol. The Hall–Kier alpha value is -2.22. The highest BCUT2D eigenvalue weighted by Gasteiger charge is 2.41. The predicted octanol–water partition coefficient (Wildman–Crippen LogP) is 4.00. The number of amides is 1. The van der Waals surface area contributed by atoms with Crippen LogP contribution < -0.4 is 0 Å². The number of carbonyl (C=O) groups excluding carboxylic acids is 1. The Morgan fingerprint density at radius 2 is 1.51 bits per heavy atom. The Kier molecular flexibility index (Phi) is 6.90. The highest BCUT2D eigenvalue weighted by Crippen LogP contribution is 2.35. The Morgan fingerprint density at radius 1 is 0.914 bits per heavy atom. The summed E-state index contributed by atoms with van der Waals surface area (Å²) < 4.78 is 28.0. The zero-order chi connectivity index (χ0) is 25.6. The van der Waals surface area contributed by atoms with E-state index in [0.29, 0.717) is 37.6 Å². The molecular weight excluding hydrogens is 458 g/mol. The zero-order valence-electron chi connectivity index (χ0n) is 21.9. The van der Waals surface area contributed by atoms with E-state index in [1.165, 1.54) is 11.1 Å². The zero-order valence-corrected chi connectivity index (χ0v) is 22.7. The van der Waals surface area contributed by atoms with Gasteiger partial charge in [-0.3, -0.25) is 9.69 Å². The molecule has 2 aliphatic heterocycles. The van der Waals surface area contributed by atoms with Gasteiger partial charge in [-0.1, -0.05) is 57.2 Å². The molecule has 0 saturated carbocycles. The molecule has 0 radical (unpaired) electrons. The summed E-state index contributed by atoms with van der Waals surface area (Å²) in [5, 5.41) is 0. The van der Waals surface area contributed by atoms with Gasteiger partial charge in [0, 0.05) is 32.7 Å². The van der Waals surface area contributed by atoms with Crippen molar-refractivity contribution in [3.63, 3.8) is 0 Å². The fourth-order valence-corrected chi connectivity index (χ4v) is 6.79. The van der Waals surface area contributed by atoms with Crippen LogP contribution in [0.25, 0.3) is 0 Å². The van der Waals surface area contributed by atoms with Gasteiger partial charge in [-0.05, 0) is 61.4 Å². The van der Waals surface area contributed by atoms with E-state index in [1.54, 1.807) is 16.4 Å². The first-order chi connectivity index (χ1) is 16.3. The molecule has 1 atom stereocenters. The summed E-state index contributed by atoms with van der Waals surface area (Å²) in [5.41, 5.74) is 3.23. The summed E-state index contributed by atoms with van der Waals surface area (Å²) >= 11 is 0. The topological polar surface area (TPSA) is 60.9 Å². The molecule has 7 heteroatoms. The lowest BCUT2D eigenvalue weighted by Crippen LogP contribution is -2.59. The van der Waals surface area contributed by atoms with Crippen molar-refractivity contribution >= 4 is 15.9 Å². The second-order valence-electron chi connectivity index (χ2n) is 11.3. The number of piperazine rings is 1. The van der Waals surface area contributed by atoms with Crippen LogP contribution in [0.2, 0.25) is 0 Å². The van der Waals surface area contributed by atoms with Crippen LogP contribution in [0, 0.1) is 0 Å². The van der Waals surface area contributed by atoms with Gasteiger partial charge in [0.25, 0.3) is 0 Å². The maximum Gasteiger partial charge on any atom is 0.243 e. The SMILES string of the molecule is CC(C(=O)N1CCc2ccccc2C1(C)C)N1CCN(S(=O)(=O)c2ccc(C(C)(C)C)cc2)CC1. The minimum Gasteiger partial charge on any atom is -0.332 e. The van der Waals surface area contributed by atoms with Gasteiger partial charge in [-0.2, -0.15) is 4.31 Å². The number of hydrogen-bond acceptors (Lipinski definition) is 4. The van der Waals surface area contributed by atoms with Crippen molar-refractivity contribution in [3.8, 4) is 0 Å². The van der Waals surface area contributed by atoms with E-state index >= 15 is 0 Å². The summed E-state index contributed by atoms with van der Waals surface area (Å²) in [7, 11) is -3.55. The second-order valence-corrected chi connectivity index (χ2v) is 13.3. The van der Waals surface area contributed by atoms with Gasteiger partial charge < -0.3 is 4.90 Å². The monoisotopic (exact) mass is 497 g/mol. The average Bonchev–Trinajstić information content (AvgIpc) is 2.83. The van der Waals surface area contributed by atoms with Crippen LogP contribution >= 0.6 is 0 Å². The summed E-state index contributed by atoms with van der Waals surface area (Å²) in [6.07, 6.45) is 0.859. The van der Waals surface area contributed by atoms with Crippen LogP contribution in [-0.4, -0.2) is 67.2 Å². The van der Waals surface area contributed by atoms with Crippen molar-refractivity contribution in [2.24, 2.45) is 0 Å². The maximum atomic E-state index is 13.6. The van der Waals surface area contributed by atoms with Crippen molar-refractivity contribution in [1.82, 2.24) is 14.1 Å². The Bertz CT molecular complexity index is 1170. The number of benzene rings is 2. The minimum absolute atomic E-state index is 0.0262. The molecule has 2 aliphatic rings. The smallest absolute Gasteiger partial charge is 0.243 e. The molecule has 4 rings (SSSR count). The second kappa shape index (κ2) is 9.34. The minimum atomic E-state index is -3.55. The fraction of sp³-hybridized carbons (Fsp3) is 0.536.